The van der Waals surface area contributed by atoms with Crippen LogP contribution in [0.1, 0.15) is 39.7 Å². The minimum absolute atomic E-state index is 0.435. The molecule has 0 bridgehead atoms. The number of aldehydes is 1. The molecule has 0 saturated heterocycles. The summed E-state index contributed by atoms with van der Waals surface area (Å²) in [4.78, 5) is 28.1. The summed E-state index contributed by atoms with van der Waals surface area (Å²) in [5.74, 6) is 2.83. The first kappa shape index (κ1) is 45.4. The number of hydrogen-bond donors (Lipinski definition) is 0. The van der Waals surface area contributed by atoms with E-state index in [0.29, 0.717) is 34.5 Å². The Morgan fingerprint density at radius 1 is 0.595 bits per heavy atom. The van der Waals surface area contributed by atoms with Crippen molar-refractivity contribution in [2.75, 3.05) is 0 Å². The molecule has 0 spiro atoms. The average Bonchev–Trinajstić information content (AvgIpc) is 3.85. The summed E-state index contributed by atoms with van der Waals surface area (Å²) in [5.41, 5.74) is 15.4. The second kappa shape index (κ2) is 19.5. The molecule has 0 aliphatic heterocycles. The smallest absolute Gasteiger partial charge is 0.164 e. The highest BCUT2D eigenvalue weighted by atomic mass is 16.5. The summed E-state index contributed by atoms with van der Waals surface area (Å²) in [6.07, 6.45) is 16.6. The lowest BCUT2D eigenvalue weighted by molar-refractivity contribution is 0.112. The normalized spacial score (nSPS) is 12.6. The minimum Gasteiger partial charge on any atom is -0.453 e. The van der Waals surface area contributed by atoms with Crippen molar-refractivity contribution in [3.63, 3.8) is 0 Å². The predicted molar refractivity (Wildman–Crippen MR) is 304 cm³/mol. The summed E-state index contributed by atoms with van der Waals surface area (Å²) in [6.45, 7) is 8.10. The third kappa shape index (κ3) is 8.16. The SMILES string of the molecule is C=C/C=C(\C=C/C)n1c2c(c3ccccc31)C=C(c1ccc3c(c1)c1ccccc1n3-c1cccc(C=O)c1Oc1c(C)cccc1-c1cccc(-c3nc(-c4ccccc4)nc(-c4ccccc4)n3)c1)C=CC2. The van der Waals surface area contributed by atoms with Crippen LogP contribution in [0.3, 0.4) is 0 Å². The Morgan fingerprint density at radius 3 is 1.96 bits per heavy atom. The van der Waals surface area contributed by atoms with Crippen LogP contribution in [0.4, 0.5) is 0 Å². The standard InChI is InChI=1S/C67H49N5O2/c1-4-20-52(21-5-2)71-58-34-14-12-31-54(58)56-41-47(27-18-36-60(56)71)48-38-39-61-57(42-48)55-32-13-15-35-59(55)72(61)62-37-19-30-51(43-73)64(62)74-63-44(3)22-16-33-53(63)49-28-17-29-50(40-49)67-69-65(45-23-8-6-9-24-45)68-66(70-67)46-25-10-7-11-26-46/h4-35,37-43H,1,36H2,2-3H3/b21-5-,52-20+. The van der Waals surface area contributed by atoms with Gasteiger partial charge in [-0.3, -0.25) is 4.79 Å². The maximum absolute atomic E-state index is 13.2. The van der Waals surface area contributed by atoms with E-state index >= 15 is 0 Å². The van der Waals surface area contributed by atoms with Gasteiger partial charge in [0.15, 0.2) is 29.5 Å². The van der Waals surface area contributed by atoms with Gasteiger partial charge in [0.25, 0.3) is 0 Å². The number of aromatic nitrogens is 5. The van der Waals surface area contributed by atoms with E-state index in [4.69, 9.17) is 19.7 Å². The summed E-state index contributed by atoms with van der Waals surface area (Å²) >= 11 is 0. The molecule has 354 valence electrons. The van der Waals surface area contributed by atoms with E-state index < -0.39 is 0 Å². The highest BCUT2D eigenvalue weighted by Gasteiger charge is 2.23. The number of nitrogens with zero attached hydrogens (tertiary/aromatic N) is 5. The Morgan fingerprint density at radius 2 is 1.23 bits per heavy atom. The number of hydrogen-bond acceptors (Lipinski definition) is 5. The maximum Gasteiger partial charge on any atom is 0.164 e. The van der Waals surface area contributed by atoms with Gasteiger partial charge in [0.05, 0.1) is 27.8 Å². The Kier molecular flexibility index (Phi) is 12.0. The quantitative estimate of drug-likeness (QED) is 0.0901. The van der Waals surface area contributed by atoms with E-state index in [9.17, 15) is 4.79 Å². The summed E-state index contributed by atoms with van der Waals surface area (Å²) in [7, 11) is 0. The first-order chi connectivity index (χ1) is 36.5. The zero-order valence-corrected chi connectivity index (χ0v) is 41.0. The predicted octanol–water partition coefficient (Wildman–Crippen LogP) is 16.8. The van der Waals surface area contributed by atoms with Crippen molar-refractivity contribution in [2.45, 2.75) is 20.3 Å². The van der Waals surface area contributed by atoms with Gasteiger partial charge in [0, 0.05) is 61.8 Å². The molecule has 3 heterocycles. The van der Waals surface area contributed by atoms with Crippen LogP contribution in [0.5, 0.6) is 11.5 Å². The van der Waals surface area contributed by atoms with Crippen LogP contribution in [0.25, 0.3) is 101 Å². The fourth-order valence-electron chi connectivity index (χ4n) is 10.4. The van der Waals surface area contributed by atoms with E-state index in [0.717, 1.165) is 95.9 Å². The molecule has 7 nitrogen and oxygen atoms in total. The lowest BCUT2D eigenvalue weighted by atomic mass is 9.99. The topological polar surface area (TPSA) is 74.8 Å². The number of carbonyl (C=O) groups excluding carboxylic acids is 1. The van der Waals surface area contributed by atoms with Crippen molar-refractivity contribution < 1.29 is 9.53 Å². The van der Waals surface area contributed by atoms with Crippen LogP contribution in [-0.4, -0.2) is 30.4 Å². The van der Waals surface area contributed by atoms with Gasteiger partial charge in [-0.1, -0.05) is 176 Å². The number of para-hydroxylation sites is 4. The van der Waals surface area contributed by atoms with Gasteiger partial charge in [-0.05, 0) is 96.8 Å². The molecule has 8 aromatic carbocycles. The summed E-state index contributed by atoms with van der Waals surface area (Å²) < 4.78 is 11.8. The Balaban J connectivity index is 0.962. The molecule has 74 heavy (non-hydrogen) atoms. The third-order valence-corrected chi connectivity index (χ3v) is 13.8. The molecular weight excluding hydrogens is 907 g/mol. The number of rotatable bonds is 12. The molecule has 11 aromatic rings. The summed E-state index contributed by atoms with van der Waals surface area (Å²) in [6, 6.07) is 63.8. The Bertz CT molecular complexity index is 4080. The lowest BCUT2D eigenvalue weighted by Gasteiger charge is -2.20. The molecule has 0 unspecified atom stereocenters. The van der Waals surface area contributed by atoms with Gasteiger partial charge in [-0.15, -0.1) is 0 Å². The van der Waals surface area contributed by atoms with Crippen molar-refractivity contribution in [1.29, 1.82) is 0 Å². The van der Waals surface area contributed by atoms with Crippen LogP contribution >= 0.6 is 0 Å². The molecule has 0 fully saturated rings. The average molecular weight is 956 g/mol. The van der Waals surface area contributed by atoms with E-state index in [1.54, 1.807) is 0 Å². The fraction of sp³-hybridized carbons (Fsp3) is 0.0448. The van der Waals surface area contributed by atoms with Gasteiger partial charge in [0.2, 0.25) is 0 Å². The van der Waals surface area contributed by atoms with Gasteiger partial charge in [0.1, 0.15) is 5.75 Å². The molecule has 12 rings (SSSR count). The second-order valence-corrected chi connectivity index (χ2v) is 18.3. The van der Waals surface area contributed by atoms with E-state index in [1.807, 2.05) is 123 Å². The summed E-state index contributed by atoms with van der Waals surface area (Å²) in [5, 5.41) is 3.37. The molecule has 7 heteroatoms. The molecule has 1 aliphatic rings. The van der Waals surface area contributed by atoms with Crippen LogP contribution in [0, 0.1) is 6.92 Å². The maximum atomic E-state index is 13.2. The van der Waals surface area contributed by atoms with Crippen molar-refractivity contribution in [1.82, 2.24) is 24.1 Å². The second-order valence-electron chi connectivity index (χ2n) is 18.3. The molecule has 0 saturated carbocycles. The van der Waals surface area contributed by atoms with Crippen LogP contribution in [0.15, 0.2) is 231 Å². The molecule has 0 N–H and O–H groups in total. The lowest BCUT2D eigenvalue weighted by Crippen LogP contribution is -2.02. The Hall–Kier alpha value is -9.72. The van der Waals surface area contributed by atoms with Crippen molar-refractivity contribution in [2.24, 2.45) is 0 Å². The Labute approximate surface area is 429 Å². The van der Waals surface area contributed by atoms with E-state index in [2.05, 4.69) is 137 Å². The molecule has 1 aliphatic carbocycles. The molecule has 0 amide bonds. The van der Waals surface area contributed by atoms with Crippen molar-refractivity contribution in [3.05, 3.63) is 259 Å². The zero-order valence-electron chi connectivity index (χ0n) is 41.0. The minimum atomic E-state index is 0.435. The zero-order chi connectivity index (χ0) is 50.1. The number of carbonyl (C=O) groups is 1. The molecule has 0 radical (unpaired) electrons. The fourth-order valence-corrected chi connectivity index (χ4v) is 10.4. The monoisotopic (exact) mass is 955 g/mol. The van der Waals surface area contributed by atoms with Gasteiger partial charge >= 0.3 is 0 Å². The largest absolute Gasteiger partial charge is 0.453 e. The number of fused-ring (bicyclic) bond motifs is 6. The highest BCUT2D eigenvalue weighted by molar-refractivity contribution is 6.11. The highest BCUT2D eigenvalue weighted by Crippen LogP contribution is 2.44. The van der Waals surface area contributed by atoms with Crippen LogP contribution in [0.2, 0.25) is 0 Å². The van der Waals surface area contributed by atoms with Crippen molar-refractivity contribution >= 4 is 56.3 Å². The first-order valence-corrected chi connectivity index (χ1v) is 24.8. The van der Waals surface area contributed by atoms with Gasteiger partial charge in [-0.2, -0.15) is 0 Å². The number of ether oxygens (including phenoxy) is 1. The van der Waals surface area contributed by atoms with E-state index in [1.165, 1.54) is 16.6 Å². The number of aryl methyl sites for hydroxylation is 1. The first-order valence-electron chi connectivity index (χ1n) is 24.8. The number of benzene rings is 8. The van der Waals surface area contributed by atoms with Gasteiger partial charge in [-0.25, -0.2) is 15.0 Å². The molecule has 0 atom stereocenters. The number of allylic oxidation sites excluding steroid dienone is 8. The van der Waals surface area contributed by atoms with Crippen molar-refractivity contribution in [3.8, 4) is 62.5 Å². The van der Waals surface area contributed by atoms with Crippen LogP contribution < -0.4 is 4.74 Å². The van der Waals surface area contributed by atoms with E-state index in [-0.39, 0.29) is 0 Å². The third-order valence-electron chi connectivity index (χ3n) is 13.8. The van der Waals surface area contributed by atoms with Gasteiger partial charge < -0.3 is 13.9 Å². The molecule has 3 aromatic heterocycles. The molecular formula is C67H49N5O2. The van der Waals surface area contributed by atoms with Crippen LogP contribution in [-0.2, 0) is 6.42 Å².